The summed E-state index contributed by atoms with van der Waals surface area (Å²) in [6.45, 7) is -2.69. The lowest BCUT2D eigenvalue weighted by atomic mass is 10.1. The topological polar surface area (TPSA) is 431 Å². The van der Waals surface area contributed by atoms with Crippen LogP contribution in [0.2, 0.25) is 0 Å². The van der Waals surface area contributed by atoms with Crippen molar-refractivity contribution in [3.8, 4) is 0 Å². The van der Waals surface area contributed by atoms with Crippen LogP contribution in [0.3, 0.4) is 0 Å². The number of aromatic nitrogens is 8. The molecule has 29 heteroatoms. The molecule has 416 valence electrons. The molecule has 10 atom stereocenters. The van der Waals surface area contributed by atoms with Crippen LogP contribution in [-0.2, 0) is 22.4 Å². The first-order valence-electron chi connectivity index (χ1n) is 25.1. The zero-order valence-corrected chi connectivity index (χ0v) is 41.9. The number of imidazole rings is 2. The standard InChI is InChI=1S/C49H62N16O13/c66-19-27(15-25-7-3-1-4-8-25)56-41-35-45(64(23-54-35)31-17-29(37(72)39(31)74)58-33(70)21-68)62-43(60-41)47(76)50-11-13-52-49(78)53-14-12-51-48(77)44-61-42(57-28(20-67)16-26-9-5-2-6-10-26)36-46(63-44)65(24-55-36)32-18-30(38(73)40(32)75)59-34(71)22-69/h1-10,23-24,27-32,37-40,66-69,72-75H,11-22H2,(H,50,76)(H,51,77)(H,58,70)(H,59,71)(H2,52,53,78)(H,56,60,62)(H,57,61,63)/t27-,28-,29-,30-,31+,32+,37+,38+,39-,40-/m0/s1. The van der Waals surface area contributed by atoms with E-state index in [-0.39, 0.29) is 97.8 Å². The van der Waals surface area contributed by atoms with Gasteiger partial charge < -0.3 is 92.5 Å². The SMILES string of the molecule is O=C(CO)N[C@H]1C[C@@H](n2cnc3c(N[C@H](CO)Cc4ccccc4)nc(C(=O)NCCNC(=O)NCCNC(=O)c4nc(N[C@H](CO)Cc5ccccc5)c5ncn([C@@H]6C[C@H](NC(=O)CO)[C@@H](O)[C@H]6O)c5n4)nc32)[C@H](O)[C@@H]1O. The zero-order chi connectivity index (χ0) is 55.5. The number of benzene rings is 2. The Kier molecular flexibility index (Phi) is 18.6. The fourth-order valence-corrected chi connectivity index (χ4v) is 9.51. The third kappa shape index (κ3) is 13.2. The van der Waals surface area contributed by atoms with E-state index in [1.165, 1.54) is 21.8 Å². The number of rotatable bonds is 24. The normalized spacial score (nSPS) is 21.6. The van der Waals surface area contributed by atoms with E-state index in [1.807, 2.05) is 60.7 Å². The summed E-state index contributed by atoms with van der Waals surface area (Å²) in [7, 11) is 0. The highest BCUT2D eigenvalue weighted by Crippen LogP contribution is 2.36. The van der Waals surface area contributed by atoms with Crippen LogP contribution in [0.25, 0.3) is 22.3 Å². The van der Waals surface area contributed by atoms with E-state index in [4.69, 9.17) is 0 Å². The average molecular weight is 1080 g/mol. The third-order valence-electron chi connectivity index (χ3n) is 13.4. The second-order valence-corrected chi connectivity index (χ2v) is 18.8. The molecule has 16 N–H and O–H groups in total. The monoisotopic (exact) mass is 1080 g/mol. The van der Waals surface area contributed by atoms with Crippen LogP contribution in [0, 0.1) is 0 Å². The molecular weight excluding hydrogens is 1020 g/mol. The van der Waals surface area contributed by atoms with E-state index in [1.54, 1.807) is 0 Å². The van der Waals surface area contributed by atoms with Gasteiger partial charge in [-0.05, 0) is 36.8 Å². The Bertz CT molecular complexity index is 2840. The average Bonchev–Trinajstić information content (AvgIpc) is 4.39. The first kappa shape index (κ1) is 56.2. The molecule has 6 amide bonds. The van der Waals surface area contributed by atoms with Gasteiger partial charge in [0.25, 0.3) is 11.8 Å². The smallest absolute Gasteiger partial charge is 0.314 e. The molecule has 0 spiro atoms. The van der Waals surface area contributed by atoms with Gasteiger partial charge in [0.1, 0.15) is 48.7 Å². The van der Waals surface area contributed by atoms with Crippen molar-refractivity contribution in [1.82, 2.24) is 70.9 Å². The molecule has 0 radical (unpaired) electrons. The number of nitrogens with zero attached hydrogens (tertiary/aromatic N) is 8. The van der Waals surface area contributed by atoms with E-state index in [2.05, 4.69) is 72.4 Å². The summed E-state index contributed by atoms with van der Waals surface area (Å²) in [5.74, 6) is -3.55. The number of carbonyl (C=O) groups is 5. The lowest BCUT2D eigenvalue weighted by Gasteiger charge is -2.20. The number of amides is 6. The molecule has 2 fully saturated rings. The van der Waals surface area contributed by atoms with E-state index >= 15 is 0 Å². The molecule has 29 nitrogen and oxygen atoms in total. The van der Waals surface area contributed by atoms with Crippen molar-refractivity contribution in [1.29, 1.82) is 0 Å². The van der Waals surface area contributed by atoms with Crippen LogP contribution in [0.15, 0.2) is 73.3 Å². The van der Waals surface area contributed by atoms with Crippen LogP contribution in [-0.4, -0.2) is 211 Å². The molecular formula is C49H62N16O13. The molecule has 0 aliphatic heterocycles. The lowest BCUT2D eigenvalue weighted by Crippen LogP contribution is -2.44. The molecule has 0 unspecified atom stereocenters. The molecule has 4 heterocycles. The quantitative estimate of drug-likeness (QED) is 0.0255. The van der Waals surface area contributed by atoms with Crippen LogP contribution in [0.4, 0.5) is 16.4 Å². The molecule has 8 rings (SSSR count). The molecule has 78 heavy (non-hydrogen) atoms. The van der Waals surface area contributed by atoms with Gasteiger partial charge in [-0.1, -0.05) is 60.7 Å². The van der Waals surface area contributed by atoms with Gasteiger partial charge in [0, 0.05) is 26.2 Å². The van der Waals surface area contributed by atoms with E-state index < -0.39 is 104 Å². The van der Waals surface area contributed by atoms with E-state index in [0.29, 0.717) is 12.8 Å². The fraction of sp³-hybridized carbons (Fsp3) is 0.449. The van der Waals surface area contributed by atoms with E-state index in [9.17, 15) is 64.8 Å². The molecule has 2 aliphatic carbocycles. The summed E-state index contributed by atoms with van der Waals surface area (Å²) < 4.78 is 2.90. The maximum atomic E-state index is 13.6. The summed E-state index contributed by atoms with van der Waals surface area (Å²) in [4.78, 5) is 90.8. The second-order valence-electron chi connectivity index (χ2n) is 18.8. The van der Waals surface area contributed by atoms with Gasteiger partial charge in [-0.15, -0.1) is 0 Å². The highest BCUT2D eigenvalue weighted by molar-refractivity contribution is 5.95. The van der Waals surface area contributed by atoms with Gasteiger partial charge >= 0.3 is 6.03 Å². The number of aliphatic hydroxyl groups excluding tert-OH is 8. The summed E-state index contributed by atoms with van der Waals surface area (Å²) in [6.07, 6.45) is -2.21. The Morgan fingerprint density at radius 3 is 1.28 bits per heavy atom. The summed E-state index contributed by atoms with van der Waals surface area (Å²) >= 11 is 0. The largest absolute Gasteiger partial charge is 0.394 e. The number of anilines is 2. The van der Waals surface area contributed by atoms with Gasteiger partial charge in [-0.25, -0.2) is 34.7 Å². The summed E-state index contributed by atoms with van der Waals surface area (Å²) in [5, 5.41) is 105. The maximum Gasteiger partial charge on any atom is 0.314 e. The Morgan fingerprint density at radius 2 is 0.910 bits per heavy atom. The van der Waals surface area contributed by atoms with Crippen LogP contribution in [0.5, 0.6) is 0 Å². The number of nitrogens with one attached hydrogen (secondary N) is 8. The first-order chi connectivity index (χ1) is 37.7. The molecule has 0 saturated heterocycles. The van der Waals surface area contributed by atoms with Gasteiger partial charge in [0.15, 0.2) is 22.9 Å². The van der Waals surface area contributed by atoms with Crippen molar-refractivity contribution >= 4 is 63.6 Å². The second kappa shape index (κ2) is 25.9. The minimum atomic E-state index is -1.41. The van der Waals surface area contributed by atoms with E-state index in [0.717, 1.165) is 11.1 Å². The van der Waals surface area contributed by atoms with Crippen molar-refractivity contribution in [3.63, 3.8) is 0 Å². The molecule has 6 aromatic rings. The highest BCUT2D eigenvalue weighted by atomic mass is 16.3. The molecule has 4 aromatic heterocycles. The number of hydrogen-bond donors (Lipinski definition) is 16. The minimum Gasteiger partial charge on any atom is -0.394 e. The highest BCUT2D eigenvalue weighted by Gasteiger charge is 2.45. The van der Waals surface area contributed by atoms with Crippen molar-refractivity contribution < 1.29 is 64.8 Å². The van der Waals surface area contributed by atoms with Crippen molar-refractivity contribution in [2.75, 3.05) is 63.2 Å². The van der Waals surface area contributed by atoms with Crippen LogP contribution in [0.1, 0.15) is 57.3 Å². The maximum absolute atomic E-state index is 13.6. The van der Waals surface area contributed by atoms with Gasteiger partial charge in [-0.3, -0.25) is 19.2 Å². The van der Waals surface area contributed by atoms with Crippen molar-refractivity contribution in [3.05, 3.63) is 96.1 Å². The number of hydrogen-bond acceptors (Lipinski definition) is 21. The Balaban J connectivity index is 0.895. The van der Waals surface area contributed by atoms with Crippen molar-refractivity contribution in [2.24, 2.45) is 0 Å². The van der Waals surface area contributed by atoms with Gasteiger partial charge in [0.2, 0.25) is 23.5 Å². The number of aliphatic hydroxyl groups is 8. The summed E-state index contributed by atoms with van der Waals surface area (Å²) in [6, 6.07) is 13.2. The van der Waals surface area contributed by atoms with Crippen molar-refractivity contribution in [2.45, 2.75) is 86.4 Å². The van der Waals surface area contributed by atoms with Gasteiger partial charge in [-0.2, -0.15) is 0 Å². The first-order valence-corrected chi connectivity index (χ1v) is 25.1. The Morgan fingerprint density at radius 1 is 0.526 bits per heavy atom. The number of urea groups is 1. The van der Waals surface area contributed by atoms with Crippen LogP contribution >= 0.6 is 0 Å². The third-order valence-corrected chi connectivity index (χ3v) is 13.4. The summed E-state index contributed by atoms with van der Waals surface area (Å²) in [5.41, 5.74) is 2.32. The number of fused-ring (bicyclic) bond motifs is 2. The molecule has 2 saturated carbocycles. The fourth-order valence-electron chi connectivity index (χ4n) is 9.51. The Hall–Kier alpha value is -8.03. The minimum absolute atomic E-state index is 0.0126. The zero-order valence-electron chi connectivity index (χ0n) is 41.9. The molecule has 0 bridgehead atoms. The number of carbonyl (C=O) groups excluding carboxylic acids is 5. The van der Waals surface area contributed by atoms with Gasteiger partial charge in [0.05, 0.1) is 62.1 Å². The lowest BCUT2D eigenvalue weighted by molar-refractivity contribution is -0.126. The molecule has 2 aromatic carbocycles. The molecule has 2 aliphatic rings. The van der Waals surface area contributed by atoms with Crippen LogP contribution < -0.4 is 42.5 Å². The predicted octanol–water partition coefficient (Wildman–Crippen LogP) is -4.26. The Labute approximate surface area is 444 Å². The predicted molar refractivity (Wildman–Crippen MR) is 275 cm³/mol.